The number of carbonyl (C=O) groups excluding carboxylic acids is 3. The predicted molar refractivity (Wildman–Crippen MR) is 158 cm³/mol. The van der Waals surface area contributed by atoms with Gasteiger partial charge in [-0.1, -0.05) is 32.1 Å². The van der Waals surface area contributed by atoms with Crippen LogP contribution in [0.15, 0.2) is 49.3 Å². The van der Waals surface area contributed by atoms with E-state index < -0.39 is 45.5 Å². The number of likely N-dealkylation sites (tertiary alicyclic amines) is 1. The number of pyridine rings is 1. The summed E-state index contributed by atoms with van der Waals surface area (Å²) in [6, 6.07) is 4.67. The van der Waals surface area contributed by atoms with Crippen LogP contribution >= 0.6 is 0 Å². The lowest BCUT2D eigenvalue weighted by atomic mass is 9.80. The average Bonchev–Trinajstić information content (AvgIpc) is 3.51. The largest absolute Gasteiger partial charge is 0.342 e. The van der Waals surface area contributed by atoms with E-state index in [-0.39, 0.29) is 30.8 Å². The summed E-state index contributed by atoms with van der Waals surface area (Å²) < 4.78 is 26.9. The molecule has 41 heavy (non-hydrogen) atoms. The van der Waals surface area contributed by atoms with Crippen molar-refractivity contribution in [2.24, 2.45) is 11.3 Å². The summed E-state index contributed by atoms with van der Waals surface area (Å²) in [5, 5.41) is 10.4. The van der Waals surface area contributed by atoms with Crippen LogP contribution in [0.4, 0.5) is 5.69 Å². The van der Waals surface area contributed by atoms with Crippen molar-refractivity contribution in [1.29, 1.82) is 0 Å². The Morgan fingerprint density at radius 3 is 2.63 bits per heavy atom. The molecule has 4 rings (SSSR count). The summed E-state index contributed by atoms with van der Waals surface area (Å²) in [4.78, 5) is 46.8. The monoisotopic (exact) mass is 584 g/mol. The van der Waals surface area contributed by atoms with Gasteiger partial charge in [0, 0.05) is 36.9 Å². The molecule has 0 saturated carbocycles. The molecule has 11 nitrogen and oxygen atoms in total. The molecule has 222 valence electrons. The maximum Gasteiger partial charge on any atom is 0.246 e. The molecule has 12 heteroatoms. The van der Waals surface area contributed by atoms with E-state index in [1.54, 1.807) is 43.4 Å². The zero-order chi connectivity index (χ0) is 30.1. The molecule has 2 fully saturated rings. The minimum Gasteiger partial charge on any atom is -0.342 e. The van der Waals surface area contributed by atoms with Crippen molar-refractivity contribution < 1.29 is 22.8 Å². The summed E-state index contributed by atoms with van der Waals surface area (Å²) in [6.45, 7) is 9.50. The summed E-state index contributed by atoms with van der Waals surface area (Å²) in [5.41, 5.74) is -0.132. The SMILES string of the molecule is C=CCC(C)(C)[C@H](NC(=O)[C@H](C)NC)C(=O)N1CC[C@@H]2[C@H]1[C@@H](C(=O)Nc1cccc3ccncc13)CN2S(C)(=O)=O. The van der Waals surface area contributed by atoms with Gasteiger partial charge in [0.15, 0.2) is 0 Å². The fourth-order valence-corrected chi connectivity index (χ4v) is 7.16. The summed E-state index contributed by atoms with van der Waals surface area (Å²) in [7, 11) is -2.00. The molecule has 2 saturated heterocycles. The molecule has 2 aliphatic heterocycles. The predicted octanol–water partition coefficient (Wildman–Crippen LogP) is 1.73. The minimum atomic E-state index is -3.66. The van der Waals surface area contributed by atoms with Crippen molar-refractivity contribution in [3.05, 3.63) is 49.3 Å². The number of carbonyl (C=O) groups is 3. The van der Waals surface area contributed by atoms with Crippen LogP contribution in [0.5, 0.6) is 0 Å². The number of hydrogen-bond donors (Lipinski definition) is 3. The van der Waals surface area contributed by atoms with Crippen molar-refractivity contribution in [2.45, 2.75) is 57.8 Å². The van der Waals surface area contributed by atoms with Gasteiger partial charge in [-0.15, -0.1) is 6.58 Å². The lowest BCUT2D eigenvalue weighted by Crippen LogP contribution is -2.60. The van der Waals surface area contributed by atoms with Crippen molar-refractivity contribution in [3.63, 3.8) is 0 Å². The van der Waals surface area contributed by atoms with Gasteiger partial charge in [-0.3, -0.25) is 19.4 Å². The Kier molecular flexibility index (Phi) is 8.86. The van der Waals surface area contributed by atoms with Gasteiger partial charge in [-0.25, -0.2) is 8.42 Å². The van der Waals surface area contributed by atoms with E-state index in [4.69, 9.17) is 0 Å². The quantitative estimate of drug-likeness (QED) is 0.361. The van der Waals surface area contributed by atoms with Crippen LogP contribution < -0.4 is 16.0 Å². The summed E-state index contributed by atoms with van der Waals surface area (Å²) in [6.07, 6.45) is 7.01. The highest BCUT2D eigenvalue weighted by Gasteiger charge is 2.56. The van der Waals surface area contributed by atoms with Crippen molar-refractivity contribution in [2.75, 3.05) is 31.7 Å². The summed E-state index contributed by atoms with van der Waals surface area (Å²) >= 11 is 0. The first-order valence-corrected chi connectivity index (χ1v) is 15.6. The third-order valence-electron chi connectivity index (χ3n) is 8.38. The lowest BCUT2D eigenvalue weighted by molar-refractivity contribution is -0.142. The maximum absolute atomic E-state index is 14.3. The van der Waals surface area contributed by atoms with Crippen molar-refractivity contribution >= 4 is 44.2 Å². The number of sulfonamides is 1. The van der Waals surface area contributed by atoms with Gasteiger partial charge in [0.25, 0.3) is 0 Å². The number of rotatable bonds is 10. The summed E-state index contributed by atoms with van der Waals surface area (Å²) in [5.74, 6) is -1.87. The van der Waals surface area contributed by atoms with Gasteiger partial charge in [-0.05, 0) is 49.7 Å². The standard InChI is InChI=1S/C29H40N6O5S/c1-7-13-29(3,4)25(33-26(36)18(2)30-5)28(38)34-15-12-23-24(34)21(17-35(23)41(6,39)40)27(37)32-22-10-8-9-19-11-14-31-16-20(19)22/h7-11,14,16,18,21,23-25,30H,1,12-13,15,17H2,2-6H3,(H,32,37)(H,33,36)/t18-,21-,23+,24+,25+/m0/s1. The Labute approximate surface area is 241 Å². The molecule has 3 N–H and O–H groups in total. The highest BCUT2D eigenvalue weighted by Crippen LogP contribution is 2.40. The van der Waals surface area contributed by atoms with Crippen molar-refractivity contribution in [3.8, 4) is 0 Å². The Balaban J connectivity index is 1.69. The second kappa shape index (κ2) is 11.9. The molecule has 3 amide bonds. The number of hydrogen-bond acceptors (Lipinski definition) is 7. The van der Waals surface area contributed by atoms with E-state index in [2.05, 4.69) is 27.5 Å². The fourth-order valence-electron chi connectivity index (χ4n) is 6.01. The molecule has 0 aliphatic carbocycles. The number of likely N-dealkylation sites (N-methyl/N-ethyl adjacent to an activating group) is 1. The van der Waals surface area contributed by atoms with Crippen LogP contribution in [-0.2, 0) is 24.4 Å². The zero-order valence-corrected chi connectivity index (χ0v) is 25.1. The fraction of sp³-hybridized carbons (Fsp3) is 0.517. The van der Waals surface area contributed by atoms with E-state index >= 15 is 0 Å². The Hall–Kier alpha value is -3.35. The highest BCUT2D eigenvalue weighted by atomic mass is 32.2. The lowest BCUT2D eigenvalue weighted by Gasteiger charge is -2.38. The second-order valence-corrected chi connectivity index (χ2v) is 13.6. The van der Waals surface area contributed by atoms with Gasteiger partial charge >= 0.3 is 0 Å². The van der Waals surface area contributed by atoms with E-state index in [0.717, 1.165) is 17.0 Å². The van der Waals surface area contributed by atoms with E-state index in [0.29, 0.717) is 18.5 Å². The number of nitrogens with zero attached hydrogens (tertiary/aromatic N) is 3. The molecule has 0 radical (unpaired) electrons. The third kappa shape index (κ3) is 6.14. The number of nitrogens with one attached hydrogen (secondary N) is 3. The molecule has 5 atom stereocenters. The number of anilines is 1. The number of allylic oxidation sites excluding steroid dienone is 1. The first-order valence-electron chi connectivity index (χ1n) is 13.8. The Morgan fingerprint density at radius 1 is 1.24 bits per heavy atom. The molecule has 1 aromatic heterocycles. The molecule has 0 bridgehead atoms. The van der Waals surface area contributed by atoms with Crippen LogP contribution in [0.2, 0.25) is 0 Å². The molecular formula is C29H40N6O5S. The van der Waals surface area contributed by atoms with Crippen molar-refractivity contribution in [1.82, 2.24) is 24.8 Å². The smallest absolute Gasteiger partial charge is 0.246 e. The molecule has 3 heterocycles. The van der Waals surface area contributed by atoms with E-state index in [1.165, 1.54) is 4.31 Å². The van der Waals surface area contributed by atoms with Crippen LogP contribution in [0.25, 0.3) is 10.8 Å². The molecular weight excluding hydrogens is 544 g/mol. The van der Waals surface area contributed by atoms with E-state index in [1.807, 2.05) is 32.0 Å². The third-order valence-corrected chi connectivity index (χ3v) is 9.65. The molecule has 2 aliphatic rings. The first-order chi connectivity index (χ1) is 19.3. The van der Waals surface area contributed by atoms with Crippen LogP contribution in [-0.4, -0.2) is 90.9 Å². The first kappa shape index (κ1) is 30.6. The number of benzene rings is 1. The molecule has 2 aromatic rings. The number of amides is 3. The van der Waals surface area contributed by atoms with Crippen LogP contribution in [0.3, 0.4) is 0 Å². The van der Waals surface area contributed by atoms with Gasteiger partial charge in [0.05, 0.1) is 29.9 Å². The molecule has 0 spiro atoms. The highest BCUT2D eigenvalue weighted by molar-refractivity contribution is 7.88. The molecule has 0 unspecified atom stereocenters. The Morgan fingerprint density at radius 2 is 1.98 bits per heavy atom. The average molecular weight is 585 g/mol. The van der Waals surface area contributed by atoms with Crippen LogP contribution in [0.1, 0.15) is 33.6 Å². The van der Waals surface area contributed by atoms with Gasteiger partial charge in [0.1, 0.15) is 6.04 Å². The van der Waals surface area contributed by atoms with Crippen LogP contribution in [0, 0.1) is 11.3 Å². The van der Waals surface area contributed by atoms with E-state index in [9.17, 15) is 22.8 Å². The topological polar surface area (TPSA) is 141 Å². The Bertz CT molecular complexity index is 1440. The number of fused-ring (bicyclic) bond motifs is 2. The van der Waals surface area contributed by atoms with Gasteiger partial charge < -0.3 is 20.9 Å². The molecule has 1 aromatic carbocycles. The van der Waals surface area contributed by atoms with Gasteiger partial charge in [-0.2, -0.15) is 4.31 Å². The second-order valence-electron chi connectivity index (χ2n) is 11.6. The van der Waals surface area contributed by atoms with Gasteiger partial charge in [0.2, 0.25) is 27.7 Å². The maximum atomic E-state index is 14.3. The number of aromatic nitrogens is 1. The zero-order valence-electron chi connectivity index (χ0n) is 24.3. The normalized spacial score (nSPS) is 22.7. The minimum absolute atomic E-state index is 0.0450.